The number of anilines is 1. The third-order valence-corrected chi connectivity index (χ3v) is 6.49. The average Bonchev–Trinajstić information content (AvgIpc) is 2.70. The molecular formula is C21H34N4O3S. The van der Waals surface area contributed by atoms with Crippen LogP contribution in [0.15, 0.2) is 29.3 Å². The molecule has 0 bridgehead atoms. The number of aliphatic imine (C=N–C) groups is 1. The molecule has 7 nitrogen and oxygen atoms in total. The van der Waals surface area contributed by atoms with Gasteiger partial charge in [0, 0.05) is 53.1 Å². The highest BCUT2D eigenvalue weighted by Gasteiger charge is 2.25. The van der Waals surface area contributed by atoms with E-state index in [1.165, 1.54) is 6.92 Å². The summed E-state index contributed by atoms with van der Waals surface area (Å²) >= 11 is 0. The van der Waals surface area contributed by atoms with Crippen LogP contribution in [0.5, 0.6) is 5.75 Å². The van der Waals surface area contributed by atoms with Gasteiger partial charge in [0.05, 0.1) is 6.54 Å². The molecular weight excluding hydrogens is 388 g/mol. The quantitative estimate of drug-likeness (QED) is 0.323. The van der Waals surface area contributed by atoms with Crippen molar-refractivity contribution in [3.63, 3.8) is 0 Å². The Labute approximate surface area is 176 Å². The van der Waals surface area contributed by atoms with Crippen molar-refractivity contribution in [2.45, 2.75) is 57.7 Å². The number of hydrogen-bond acceptors (Lipinski definition) is 4. The third kappa shape index (κ3) is 8.43. The number of ether oxygens (including phenoxy) is 1. The molecule has 29 heavy (non-hydrogen) atoms. The van der Waals surface area contributed by atoms with Crippen LogP contribution >= 0.6 is 0 Å². The van der Waals surface area contributed by atoms with E-state index in [-0.39, 0.29) is 11.2 Å². The summed E-state index contributed by atoms with van der Waals surface area (Å²) < 4.78 is 17.9. The van der Waals surface area contributed by atoms with Crippen LogP contribution in [0.2, 0.25) is 0 Å². The molecule has 0 radical (unpaired) electrons. The molecule has 0 aromatic heterocycles. The molecule has 0 aliphatic heterocycles. The van der Waals surface area contributed by atoms with Crippen LogP contribution in [0.1, 0.15) is 46.5 Å². The second-order valence-corrected chi connectivity index (χ2v) is 9.12. The second-order valence-electron chi connectivity index (χ2n) is 7.12. The zero-order valence-corrected chi connectivity index (χ0v) is 18.5. The first-order chi connectivity index (χ1) is 14.0. The van der Waals surface area contributed by atoms with Crippen molar-refractivity contribution >= 4 is 28.4 Å². The average molecular weight is 423 g/mol. The van der Waals surface area contributed by atoms with Gasteiger partial charge in [-0.15, -0.1) is 0 Å². The zero-order chi connectivity index (χ0) is 21.1. The highest BCUT2D eigenvalue weighted by Crippen LogP contribution is 2.23. The van der Waals surface area contributed by atoms with Gasteiger partial charge in [0.1, 0.15) is 12.4 Å². The molecule has 1 saturated carbocycles. The van der Waals surface area contributed by atoms with E-state index < -0.39 is 10.8 Å². The molecule has 0 saturated heterocycles. The SMILES string of the molecule is CCNC(=NCCOc1cccc(NC(C)=O)c1)NC1CCCC(S(=O)CC)C1. The number of amides is 1. The van der Waals surface area contributed by atoms with E-state index in [2.05, 4.69) is 20.9 Å². The minimum Gasteiger partial charge on any atom is -0.492 e. The van der Waals surface area contributed by atoms with Gasteiger partial charge in [-0.05, 0) is 38.3 Å². The van der Waals surface area contributed by atoms with Crippen LogP contribution in [0.3, 0.4) is 0 Å². The molecule has 1 aromatic rings. The molecule has 162 valence electrons. The zero-order valence-electron chi connectivity index (χ0n) is 17.7. The molecule has 1 aliphatic rings. The lowest BCUT2D eigenvalue weighted by Gasteiger charge is -2.30. The Morgan fingerprint density at radius 1 is 1.31 bits per heavy atom. The number of nitrogens with zero attached hydrogens (tertiary/aromatic N) is 1. The Bertz CT molecular complexity index is 711. The summed E-state index contributed by atoms with van der Waals surface area (Å²) in [6.07, 6.45) is 4.16. The maximum Gasteiger partial charge on any atom is 0.221 e. The van der Waals surface area contributed by atoms with Gasteiger partial charge in [0.15, 0.2) is 5.96 Å². The largest absolute Gasteiger partial charge is 0.492 e. The van der Waals surface area contributed by atoms with E-state index in [1.54, 1.807) is 6.07 Å². The van der Waals surface area contributed by atoms with Gasteiger partial charge in [-0.2, -0.15) is 0 Å². The number of nitrogens with one attached hydrogen (secondary N) is 3. The third-order valence-electron chi connectivity index (χ3n) is 4.75. The van der Waals surface area contributed by atoms with Gasteiger partial charge in [-0.3, -0.25) is 9.00 Å². The Morgan fingerprint density at radius 2 is 2.14 bits per heavy atom. The summed E-state index contributed by atoms with van der Waals surface area (Å²) in [4.78, 5) is 15.8. The standard InChI is InChI=1S/C21H34N4O3S/c1-4-22-21(25-18-9-7-11-20(15-18)29(27)5-2)23-12-13-28-19-10-6-8-17(14-19)24-16(3)26/h6,8,10,14,18,20H,4-5,7,9,11-13,15H2,1-3H3,(H,24,26)(H2,22,23,25). The molecule has 1 amide bonds. The fraction of sp³-hybridized carbons (Fsp3) is 0.619. The molecule has 1 aliphatic carbocycles. The first kappa shape index (κ1) is 23.2. The van der Waals surface area contributed by atoms with E-state index in [0.717, 1.165) is 43.9 Å². The van der Waals surface area contributed by atoms with Crippen molar-refractivity contribution in [3.05, 3.63) is 24.3 Å². The summed E-state index contributed by atoms with van der Waals surface area (Å²) in [5.41, 5.74) is 0.713. The lowest BCUT2D eigenvalue weighted by Crippen LogP contribution is -2.46. The van der Waals surface area contributed by atoms with Crippen molar-refractivity contribution in [1.29, 1.82) is 0 Å². The Hall–Kier alpha value is -2.09. The monoisotopic (exact) mass is 422 g/mol. The highest BCUT2D eigenvalue weighted by atomic mass is 32.2. The van der Waals surface area contributed by atoms with Crippen LogP contribution in [-0.4, -0.2) is 52.8 Å². The number of carbonyl (C=O) groups is 1. The van der Waals surface area contributed by atoms with Crippen LogP contribution in [-0.2, 0) is 15.6 Å². The van der Waals surface area contributed by atoms with Crippen LogP contribution in [0.4, 0.5) is 5.69 Å². The summed E-state index contributed by atoms with van der Waals surface area (Å²) in [5.74, 6) is 2.09. The predicted molar refractivity (Wildman–Crippen MR) is 120 cm³/mol. The number of carbonyl (C=O) groups excluding carboxylic acids is 1. The number of rotatable bonds is 9. The van der Waals surface area contributed by atoms with Gasteiger partial charge in [0.2, 0.25) is 5.91 Å². The van der Waals surface area contributed by atoms with E-state index in [4.69, 9.17) is 4.74 Å². The molecule has 1 fully saturated rings. The Morgan fingerprint density at radius 3 is 2.86 bits per heavy atom. The summed E-state index contributed by atoms with van der Waals surface area (Å²) in [5, 5.41) is 9.80. The Balaban J connectivity index is 1.84. The Kier molecular flexibility index (Phi) is 9.97. The fourth-order valence-electron chi connectivity index (χ4n) is 3.45. The molecule has 3 N–H and O–H groups in total. The van der Waals surface area contributed by atoms with Gasteiger partial charge in [0.25, 0.3) is 0 Å². The molecule has 0 heterocycles. The van der Waals surface area contributed by atoms with E-state index in [0.29, 0.717) is 30.6 Å². The van der Waals surface area contributed by atoms with Crippen molar-refractivity contribution in [2.75, 3.05) is 30.8 Å². The lowest BCUT2D eigenvalue weighted by molar-refractivity contribution is -0.114. The number of hydrogen-bond donors (Lipinski definition) is 3. The highest BCUT2D eigenvalue weighted by molar-refractivity contribution is 7.85. The number of guanidine groups is 1. The summed E-state index contributed by atoms with van der Waals surface area (Å²) in [6.45, 7) is 7.24. The van der Waals surface area contributed by atoms with Gasteiger partial charge in [-0.25, -0.2) is 4.99 Å². The van der Waals surface area contributed by atoms with E-state index in [9.17, 15) is 9.00 Å². The molecule has 8 heteroatoms. The fourth-order valence-corrected chi connectivity index (χ4v) is 4.80. The van der Waals surface area contributed by atoms with Crippen LogP contribution in [0.25, 0.3) is 0 Å². The predicted octanol–water partition coefficient (Wildman–Crippen LogP) is 2.66. The molecule has 1 aromatic carbocycles. The van der Waals surface area contributed by atoms with Crippen molar-refractivity contribution in [2.24, 2.45) is 4.99 Å². The van der Waals surface area contributed by atoms with Crippen molar-refractivity contribution < 1.29 is 13.7 Å². The van der Waals surface area contributed by atoms with Gasteiger partial charge >= 0.3 is 0 Å². The summed E-state index contributed by atoms with van der Waals surface area (Å²) in [6, 6.07) is 7.62. The normalized spacial score (nSPS) is 20.6. The van der Waals surface area contributed by atoms with Crippen LogP contribution in [0, 0.1) is 0 Å². The first-order valence-corrected chi connectivity index (χ1v) is 11.8. The maximum atomic E-state index is 12.2. The number of benzene rings is 1. The van der Waals surface area contributed by atoms with Crippen molar-refractivity contribution in [1.82, 2.24) is 10.6 Å². The summed E-state index contributed by atoms with van der Waals surface area (Å²) in [7, 11) is -0.733. The van der Waals surface area contributed by atoms with E-state index in [1.807, 2.05) is 32.0 Å². The molecule has 0 spiro atoms. The van der Waals surface area contributed by atoms with Crippen LogP contribution < -0.4 is 20.7 Å². The van der Waals surface area contributed by atoms with Gasteiger partial charge < -0.3 is 20.7 Å². The van der Waals surface area contributed by atoms with E-state index >= 15 is 0 Å². The van der Waals surface area contributed by atoms with Gasteiger partial charge in [-0.1, -0.05) is 19.4 Å². The minimum atomic E-state index is -0.733. The first-order valence-electron chi connectivity index (χ1n) is 10.4. The molecule has 3 atom stereocenters. The lowest BCUT2D eigenvalue weighted by atomic mass is 9.95. The minimum absolute atomic E-state index is 0.110. The second kappa shape index (κ2) is 12.5. The van der Waals surface area contributed by atoms with Crippen molar-refractivity contribution in [3.8, 4) is 5.75 Å². The topological polar surface area (TPSA) is 91.8 Å². The molecule has 3 unspecified atom stereocenters. The maximum absolute atomic E-state index is 12.2. The molecule has 2 rings (SSSR count). The smallest absolute Gasteiger partial charge is 0.221 e.